The Morgan fingerprint density at radius 1 is 1.67 bits per heavy atom. The third kappa shape index (κ3) is 1.49. The van der Waals surface area contributed by atoms with Gasteiger partial charge in [-0.25, -0.2) is 0 Å². The summed E-state index contributed by atoms with van der Waals surface area (Å²) in [5, 5.41) is 8.58. The Labute approximate surface area is 72.2 Å². The van der Waals surface area contributed by atoms with Crippen molar-refractivity contribution in [2.45, 2.75) is 19.3 Å². The Hall–Kier alpha value is -1.27. The quantitative estimate of drug-likeness (QED) is 0.686. The second-order valence-corrected chi connectivity index (χ2v) is 3.50. The van der Waals surface area contributed by atoms with Gasteiger partial charge in [-0.15, -0.1) is 0 Å². The Balaban J connectivity index is 2.98. The van der Waals surface area contributed by atoms with Crippen molar-refractivity contribution in [3.8, 4) is 6.07 Å². The Morgan fingerprint density at radius 2 is 2.33 bits per heavy atom. The highest BCUT2D eigenvalue weighted by Gasteiger charge is 2.19. The number of nitrogens with two attached hydrogens (primary N) is 1. The SMILES string of the molecule is CC(C)(CN)c1c[nH]c(C#N)c1. The largest absolute Gasteiger partial charge is 0.353 e. The molecule has 1 aromatic heterocycles. The predicted molar refractivity (Wildman–Crippen MR) is 47.6 cm³/mol. The molecule has 0 saturated carbocycles. The third-order valence-electron chi connectivity index (χ3n) is 2.10. The van der Waals surface area contributed by atoms with E-state index in [4.69, 9.17) is 11.0 Å². The van der Waals surface area contributed by atoms with E-state index in [1.807, 2.05) is 18.3 Å². The number of nitrogens with one attached hydrogen (secondary N) is 1. The molecule has 1 rings (SSSR count). The molecule has 12 heavy (non-hydrogen) atoms. The zero-order valence-corrected chi connectivity index (χ0v) is 7.39. The van der Waals surface area contributed by atoms with Gasteiger partial charge < -0.3 is 10.7 Å². The minimum atomic E-state index is -0.0500. The van der Waals surface area contributed by atoms with Crippen LogP contribution in [0.25, 0.3) is 0 Å². The van der Waals surface area contributed by atoms with Crippen molar-refractivity contribution in [3.63, 3.8) is 0 Å². The Bertz CT molecular complexity index is 304. The third-order valence-corrected chi connectivity index (χ3v) is 2.10. The maximum atomic E-state index is 8.58. The van der Waals surface area contributed by atoms with Gasteiger partial charge in [0.15, 0.2) is 0 Å². The molecule has 0 aromatic carbocycles. The summed E-state index contributed by atoms with van der Waals surface area (Å²) in [4.78, 5) is 2.88. The average Bonchev–Trinajstić information content (AvgIpc) is 2.52. The smallest absolute Gasteiger partial charge is 0.117 e. The van der Waals surface area contributed by atoms with Crippen molar-refractivity contribution in [2.75, 3.05) is 6.54 Å². The molecule has 0 unspecified atom stereocenters. The van der Waals surface area contributed by atoms with E-state index in [0.29, 0.717) is 12.2 Å². The van der Waals surface area contributed by atoms with Crippen LogP contribution in [0.15, 0.2) is 12.3 Å². The van der Waals surface area contributed by atoms with E-state index in [-0.39, 0.29) is 5.41 Å². The van der Waals surface area contributed by atoms with E-state index in [2.05, 4.69) is 18.8 Å². The van der Waals surface area contributed by atoms with E-state index >= 15 is 0 Å². The van der Waals surface area contributed by atoms with Crippen molar-refractivity contribution in [2.24, 2.45) is 5.73 Å². The van der Waals surface area contributed by atoms with Crippen LogP contribution in [0.5, 0.6) is 0 Å². The first-order valence-corrected chi connectivity index (χ1v) is 3.89. The van der Waals surface area contributed by atoms with Gasteiger partial charge in [0.1, 0.15) is 11.8 Å². The second kappa shape index (κ2) is 3.00. The van der Waals surface area contributed by atoms with Crippen LogP contribution in [0, 0.1) is 11.3 Å². The lowest BCUT2D eigenvalue weighted by Gasteiger charge is -2.20. The highest BCUT2D eigenvalue weighted by molar-refractivity contribution is 5.31. The van der Waals surface area contributed by atoms with Gasteiger partial charge in [-0.3, -0.25) is 0 Å². The molecule has 1 heterocycles. The fraction of sp³-hybridized carbons (Fsp3) is 0.444. The lowest BCUT2D eigenvalue weighted by Crippen LogP contribution is -2.27. The van der Waals surface area contributed by atoms with Crippen LogP contribution in [0.2, 0.25) is 0 Å². The molecule has 0 aliphatic rings. The monoisotopic (exact) mass is 163 g/mol. The fourth-order valence-corrected chi connectivity index (χ4v) is 0.967. The lowest BCUT2D eigenvalue weighted by molar-refractivity contribution is 0.540. The van der Waals surface area contributed by atoms with Crippen LogP contribution in [-0.2, 0) is 5.41 Å². The molecule has 0 bridgehead atoms. The van der Waals surface area contributed by atoms with Crippen molar-refractivity contribution in [1.82, 2.24) is 4.98 Å². The van der Waals surface area contributed by atoms with Crippen LogP contribution < -0.4 is 5.73 Å². The average molecular weight is 163 g/mol. The highest BCUT2D eigenvalue weighted by atomic mass is 14.7. The normalized spacial score (nSPS) is 11.2. The molecule has 3 nitrogen and oxygen atoms in total. The van der Waals surface area contributed by atoms with Gasteiger partial charge in [-0.05, 0) is 11.6 Å². The topological polar surface area (TPSA) is 65.6 Å². The van der Waals surface area contributed by atoms with Crippen molar-refractivity contribution in [3.05, 3.63) is 23.5 Å². The molecule has 0 radical (unpaired) electrons. The van der Waals surface area contributed by atoms with Crippen LogP contribution in [0.3, 0.4) is 0 Å². The summed E-state index contributed by atoms with van der Waals surface area (Å²) in [6.07, 6.45) is 1.84. The first-order chi connectivity index (χ1) is 5.60. The standard InChI is InChI=1S/C9H13N3/c1-9(2,6-11)7-3-8(4-10)12-5-7/h3,5,12H,6,11H2,1-2H3. The number of aromatic amines is 1. The highest BCUT2D eigenvalue weighted by Crippen LogP contribution is 2.21. The molecule has 0 atom stereocenters. The molecule has 64 valence electrons. The van der Waals surface area contributed by atoms with E-state index in [1.54, 1.807) is 0 Å². The first kappa shape index (κ1) is 8.82. The van der Waals surface area contributed by atoms with Gasteiger partial charge >= 0.3 is 0 Å². The van der Waals surface area contributed by atoms with Crippen LogP contribution in [-0.4, -0.2) is 11.5 Å². The first-order valence-electron chi connectivity index (χ1n) is 3.89. The zero-order valence-electron chi connectivity index (χ0n) is 7.39. The van der Waals surface area contributed by atoms with Gasteiger partial charge in [0.25, 0.3) is 0 Å². The maximum Gasteiger partial charge on any atom is 0.117 e. The number of nitriles is 1. The lowest BCUT2D eigenvalue weighted by atomic mass is 9.87. The van der Waals surface area contributed by atoms with Crippen molar-refractivity contribution >= 4 is 0 Å². The fourth-order valence-electron chi connectivity index (χ4n) is 0.967. The Morgan fingerprint density at radius 3 is 2.75 bits per heavy atom. The summed E-state index contributed by atoms with van der Waals surface area (Å²) in [5.74, 6) is 0. The molecule has 0 aliphatic heterocycles. The van der Waals surface area contributed by atoms with Gasteiger partial charge in [0.05, 0.1) is 0 Å². The number of hydrogen-bond acceptors (Lipinski definition) is 2. The predicted octanol–water partition coefficient (Wildman–Crippen LogP) is 1.12. The number of nitrogens with zero attached hydrogens (tertiary/aromatic N) is 1. The molecule has 1 aromatic rings. The maximum absolute atomic E-state index is 8.58. The molecule has 0 amide bonds. The summed E-state index contributed by atoms with van der Waals surface area (Å²) in [6, 6.07) is 3.89. The Kier molecular flexibility index (Phi) is 2.20. The van der Waals surface area contributed by atoms with Gasteiger partial charge in [0, 0.05) is 18.2 Å². The zero-order chi connectivity index (χ0) is 9.19. The summed E-state index contributed by atoms with van der Waals surface area (Å²) in [6.45, 7) is 4.68. The number of hydrogen-bond donors (Lipinski definition) is 2. The van der Waals surface area contributed by atoms with Gasteiger partial charge in [-0.1, -0.05) is 13.8 Å². The molecule has 3 N–H and O–H groups in total. The summed E-state index contributed by atoms with van der Waals surface area (Å²) in [5.41, 5.74) is 7.22. The minimum Gasteiger partial charge on any atom is -0.353 e. The molecular formula is C9H13N3. The molecular weight excluding hydrogens is 150 g/mol. The minimum absolute atomic E-state index is 0.0500. The van der Waals surface area contributed by atoms with E-state index in [0.717, 1.165) is 5.56 Å². The van der Waals surface area contributed by atoms with Crippen molar-refractivity contribution < 1.29 is 0 Å². The van der Waals surface area contributed by atoms with E-state index in [9.17, 15) is 0 Å². The summed E-state index contributed by atoms with van der Waals surface area (Å²) < 4.78 is 0. The van der Waals surface area contributed by atoms with E-state index < -0.39 is 0 Å². The van der Waals surface area contributed by atoms with Gasteiger partial charge in [0.2, 0.25) is 0 Å². The van der Waals surface area contributed by atoms with Crippen LogP contribution >= 0.6 is 0 Å². The summed E-state index contributed by atoms with van der Waals surface area (Å²) in [7, 11) is 0. The molecule has 0 spiro atoms. The number of aromatic nitrogens is 1. The molecule has 0 fully saturated rings. The second-order valence-electron chi connectivity index (χ2n) is 3.50. The molecule has 3 heteroatoms. The van der Waals surface area contributed by atoms with Crippen LogP contribution in [0.4, 0.5) is 0 Å². The van der Waals surface area contributed by atoms with Gasteiger partial charge in [-0.2, -0.15) is 5.26 Å². The van der Waals surface area contributed by atoms with E-state index in [1.165, 1.54) is 0 Å². The van der Waals surface area contributed by atoms with Crippen LogP contribution in [0.1, 0.15) is 25.1 Å². The number of rotatable bonds is 2. The molecule has 0 aliphatic carbocycles. The summed E-state index contributed by atoms with van der Waals surface area (Å²) >= 11 is 0. The molecule has 0 saturated heterocycles. The van der Waals surface area contributed by atoms with Crippen molar-refractivity contribution in [1.29, 1.82) is 5.26 Å². The number of H-pyrrole nitrogens is 1.